The van der Waals surface area contributed by atoms with Crippen molar-refractivity contribution < 1.29 is 18.7 Å². The normalized spacial score (nSPS) is 12.7. The van der Waals surface area contributed by atoms with Crippen LogP contribution in [0.25, 0.3) is 0 Å². The molecule has 0 fully saturated rings. The fourth-order valence-electron chi connectivity index (χ4n) is 2.59. The van der Waals surface area contributed by atoms with E-state index in [1.165, 1.54) is 29.2 Å². The van der Waals surface area contributed by atoms with Crippen LogP contribution in [0.5, 0.6) is 5.75 Å². The second kappa shape index (κ2) is 10.8. The number of hydrogen-bond donors (Lipinski definition) is 1. The van der Waals surface area contributed by atoms with Crippen LogP contribution in [0.1, 0.15) is 32.8 Å². The highest BCUT2D eigenvalue weighted by molar-refractivity contribution is 6.30. The van der Waals surface area contributed by atoms with Crippen molar-refractivity contribution in [2.45, 2.75) is 45.8 Å². The monoisotopic (exact) mass is 420 g/mol. The maximum atomic E-state index is 13.0. The molecule has 0 saturated carbocycles. The van der Waals surface area contributed by atoms with Gasteiger partial charge in [0.1, 0.15) is 17.6 Å². The van der Waals surface area contributed by atoms with Gasteiger partial charge in [0.25, 0.3) is 5.91 Å². The van der Waals surface area contributed by atoms with Crippen LogP contribution in [-0.4, -0.2) is 35.4 Å². The number of hydrogen-bond acceptors (Lipinski definition) is 3. The molecule has 0 heterocycles. The molecule has 0 saturated heterocycles. The van der Waals surface area contributed by atoms with Crippen molar-refractivity contribution in [3.8, 4) is 5.75 Å². The fraction of sp³-hybridized carbons (Fsp3) is 0.364. The van der Waals surface area contributed by atoms with E-state index in [0.717, 1.165) is 12.0 Å². The summed E-state index contributed by atoms with van der Waals surface area (Å²) < 4.78 is 18.5. The molecule has 5 nitrogen and oxygen atoms in total. The SMILES string of the molecule is CC[C@H](C)NC(=O)[C@H](C)N(Cc1ccc(Cl)cc1)C(=O)COc1ccc(F)cc1. The Labute approximate surface area is 175 Å². The summed E-state index contributed by atoms with van der Waals surface area (Å²) in [5.41, 5.74) is 0.840. The average Bonchev–Trinajstić information content (AvgIpc) is 2.72. The molecule has 0 spiro atoms. The topological polar surface area (TPSA) is 58.6 Å². The number of halogens is 2. The van der Waals surface area contributed by atoms with E-state index >= 15 is 0 Å². The van der Waals surface area contributed by atoms with Crippen LogP contribution in [0.3, 0.4) is 0 Å². The minimum atomic E-state index is -0.691. The summed E-state index contributed by atoms with van der Waals surface area (Å²) in [6, 6.07) is 11.8. The van der Waals surface area contributed by atoms with E-state index in [9.17, 15) is 14.0 Å². The largest absolute Gasteiger partial charge is 0.484 e. The van der Waals surface area contributed by atoms with Gasteiger partial charge in [-0.05, 0) is 62.2 Å². The van der Waals surface area contributed by atoms with Crippen molar-refractivity contribution in [2.24, 2.45) is 0 Å². The number of rotatable bonds is 9. The second-order valence-corrected chi connectivity index (χ2v) is 7.32. The molecule has 0 aromatic heterocycles. The van der Waals surface area contributed by atoms with Crippen LogP contribution in [0.2, 0.25) is 5.02 Å². The highest BCUT2D eigenvalue weighted by atomic mass is 35.5. The Morgan fingerprint density at radius 2 is 1.72 bits per heavy atom. The second-order valence-electron chi connectivity index (χ2n) is 6.88. The zero-order valence-electron chi connectivity index (χ0n) is 16.8. The van der Waals surface area contributed by atoms with E-state index in [-0.39, 0.29) is 36.8 Å². The first-order valence-electron chi connectivity index (χ1n) is 9.52. The molecule has 0 radical (unpaired) electrons. The molecular formula is C22H26ClFN2O3. The molecule has 7 heteroatoms. The highest BCUT2D eigenvalue weighted by Gasteiger charge is 2.27. The summed E-state index contributed by atoms with van der Waals surface area (Å²) in [5, 5.41) is 3.49. The number of carbonyl (C=O) groups excluding carboxylic acids is 2. The standard InChI is InChI=1S/C22H26ClFN2O3/c1-4-15(2)25-22(28)16(3)26(13-17-5-7-18(23)8-6-17)21(27)14-29-20-11-9-19(24)10-12-20/h5-12,15-16H,4,13-14H2,1-3H3,(H,25,28)/t15-,16-/m0/s1. The van der Waals surface area contributed by atoms with E-state index in [4.69, 9.17) is 16.3 Å². The Bertz CT molecular complexity index is 812. The van der Waals surface area contributed by atoms with Gasteiger partial charge in [-0.15, -0.1) is 0 Å². The predicted octanol–water partition coefficient (Wildman–Crippen LogP) is 4.19. The van der Waals surface area contributed by atoms with Gasteiger partial charge in [0.2, 0.25) is 5.91 Å². The molecule has 2 aromatic rings. The molecule has 29 heavy (non-hydrogen) atoms. The van der Waals surface area contributed by atoms with Crippen LogP contribution >= 0.6 is 11.6 Å². The minimum Gasteiger partial charge on any atom is -0.484 e. The van der Waals surface area contributed by atoms with Gasteiger partial charge in [0.15, 0.2) is 6.61 Å². The van der Waals surface area contributed by atoms with Crippen molar-refractivity contribution in [3.63, 3.8) is 0 Å². The summed E-state index contributed by atoms with van der Waals surface area (Å²) in [7, 11) is 0. The van der Waals surface area contributed by atoms with Gasteiger partial charge in [-0.2, -0.15) is 0 Å². The van der Waals surface area contributed by atoms with Crippen molar-refractivity contribution in [3.05, 3.63) is 64.9 Å². The smallest absolute Gasteiger partial charge is 0.261 e. The van der Waals surface area contributed by atoms with Crippen LogP contribution in [0, 0.1) is 5.82 Å². The summed E-state index contributed by atoms with van der Waals surface area (Å²) in [6.07, 6.45) is 0.789. The quantitative estimate of drug-likeness (QED) is 0.661. The van der Waals surface area contributed by atoms with Gasteiger partial charge in [-0.1, -0.05) is 30.7 Å². The van der Waals surface area contributed by atoms with E-state index in [1.54, 1.807) is 19.1 Å². The van der Waals surface area contributed by atoms with Gasteiger partial charge < -0.3 is 15.0 Å². The molecule has 2 aromatic carbocycles. The summed E-state index contributed by atoms with van der Waals surface area (Å²) in [5.74, 6) is -0.592. The Hall–Kier alpha value is -2.60. The molecule has 0 unspecified atom stereocenters. The third-order valence-electron chi connectivity index (χ3n) is 4.61. The maximum absolute atomic E-state index is 13.0. The number of carbonyl (C=O) groups is 2. The van der Waals surface area contributed by atoms with Crippen molar-refractivity contribution in [2.75, 3.05) is 6.61 Å². The zero-order chi connectivity index (χ0) is 21.4. The molecular weight excluding hydrogens is 395 g/mol. The number of benzene rings is 2. The maximum Gasteiger partial charge on any atom is 0.261 e. The van der Waals surface area contributed by atoms with E-state index in [0.29, 0.717) is 10.8 Å². The predicted molar refractivity (Wildman–Crippen MR) is 111 cm³/mol. The number of ether oxygens (including phenoxy) is 1. The lowest BCUT2D eigenvalue weighted by Gasteiger charge is -2.29. The first-order valence-corrected chi connectivity index (χ1v) is 9.90. The highest BCUT2D eigenvalue weighted by Crippen LogP contribution is 2.15. The summed E-state index contributed by atoms with van der Waals surface area (Å²) in [6.45, 7) is 5.54. The molecule has 2 rings (SSSR count). The van der Waals surface area contributed by atoms with Crippen LogP contribution < -0.4 is 10.1 Å². The molecule has 156 valence electrons. The molecule has 0 aliphatic heterocycles. The lowest BCUT2D eigenvalue weighted by atomic mass is 10.1. The van der Waals surface area contributed by atoms with E-state index < -0.39 is 6.04 Å². The Kier molecular flexibility index (Phi) is 8.46. The fourth-order valence-corrected chi connectivity index (χ4v) is 2.72. The van der Waals surface area contributed by atoms with E-state index in [1.807, 2.05) is 26.0 Å². The third kappa shape index (κ3) is 7.06. The number of nitrogens with one attached hydrogen (secondary N) is 1. The summed E-state index contributed by atoms with van der Waals surface area (Å²) >= 11 is 5.93. The van der Waals surface area contributed by atoms with Crippen LogP contribution in [0.4, 0.5) is 4.39 Å². The van der Waals surface area contributed by atoms with Crippen molar-refractivity contribution in [1.29, 1.82) is 0 Å². The molecule has 2 amide bonds. The van der Waals surface area contributed by atoms with Gasteiger partial charge in [0, 0.05) is 17.6 Å². The lowest BCUT2D eigenvalue weighted by Crippen LogP contribution is -2.50. The van der Waals surface area contributed by atoms with Crippen LogP contribution in [-0.2, 0) is 16.1 Å². The van der Waals surface area contributed by atoms with Gasteiger partial charge in [-0.3, -0.25) is 9.59 Å². The van der Waals surface area contributed by atoms with E-state index in [2.05, 4.69) is 5.32 Å². The Balaban J connectivity index is 2.13. The molecule has 0 bridgehead atoms. The zero-order valence-corrected chi connectivity index (χ0v) is 17.6. The number of amides is 2. The van der Waals surface area contributed by atoms with Crippen LogP contribution in [0.15, 0.2) is 48.5 Å². The number of nitrogens with zero attached hydrogens (tertiary/aromatic N) is 1. The third-order valence-corrected chi connectivity index (χ3v) is 4.86. The first kappa shape index (κ1) is 22.7. The van der Waals surface area contributed by atoms with Crippen molar-refractivity contribution >= 4 is 23.4 Å². The lowest BCUT2D eigenvalue weighted by molar-refractivity contribution is -0.142. The van der Waals surface area contributed by atoms with Gasteiger partial charge in [0.05, 0.1) is 0 Å². The molecule has 0 aliphatic rings. The average molecular weight is 421 g/mol. The molecule has 2 atom stereocenters. The molecule has 0 aliphatic carbocycles. The van der Waals surface area contributed by atoms with Gasteiger partial charge in [-0.25, -0.2) is 4.39 Å². The molecule has 1 N–H and O–H groups in total. The van der Waals surface area contributed by atoms with Gasteiger partial charge >= 0.3 is 0 Å². The minimum absolute atomic E-state index is 0.00731. The summed E-state index contributed by atoms with van der Waals surface area (Å²) in [4.78, 5) is 26.9. The Morgan fingerprint density at radius 3 is 2.31 bits per heavy atom. The first-order chi connectivity index (χ1) is 13.8. The van der Waals surface area contributed by atoms with Crippen molar-refractivity contribution in [1.82, 2.24) is 10.2 Å². The Morgan fingerprint density at radius 1 is 1.10 bits per heavy atom.